The van der Waals surface area contributed by atoms with E-state index in [9.17, 15) is 9.59 Å². The molecule has 0 aliphatic rings. The predicted molar refractivity (Wildman–Crippen MR) is 77.7 cm³/mol. The van der Waals surface area contributed by atoms with Crippen LogP contribution in [0.15, 0.2) is 18.2 Å². The number of carboxylic acids is 1. The van der Waals surface area contributed by atoms with Crippen molar-refractivity contribution in [2.75, 3.05) is 20.8 Å². The summed E-state index contributed by atoms with van der Waals surface area (Å²) in [5.41, 5.74) is 0.952. The van der Waals surface area contributed by atoms with Crippen molar-refractivity contribution < 1.29 is 24.2 Å². The van der Waals surface area contributed by atoms with Gasteiger partial charge in [0.25, 0.3) is 0 Å². The zero-order valence-electron chi connectivity index (χ0n) is 12.5. The van der Waals surface area contributed by atoms with Gasteiger partial charge in [-0.05, 0) is 24.1 Å². The van der Waals surface area contributed by atoms with Gasteiger partial charge in [0.2, 0.25) is 5.91 Å². The number of nitrogens with one attached hydrogen (secondary N) is 1. The van der Waals surface area contributed by atoms with Crippen molar-refractivity contribution >= 4 is 11.9 Å². The van der Waals surface area contributed by atoms with Crippen LogP contribution in [0.3, 0.4) is 0 Å². The van der Waals surface area contributed by atoms with E-state index in [0.29, 0.717) is 17.9 Å². The van der Waals surface area contributed by atoms with E-state index in [2.05, 4.69) is 5.32 Å². The molecule has 0 heterocycles. The third-order valence-corrected chi connectivity index (χ3v) is 3.08. The quantitative estimate of drug-likeness (QED) is 0.758. The number of carboxylic acid groups (broad SMARTS) is 1. The van der Waals surface area contributed by atoms with E-state index in [1.165, 1.54) is 0 Å². The number of carbonyl (C=O) groups excluding carboxylic acids is 1. The number of hydrogen-bond acceptors (Lipinski definition) is 4. The molecule has 0 saturated carbocycles. The van der Waals surface area contributed by atoms with Crippen LogP contribution in [0.4, 0.5) is 0 Å². The first kappa shape index (κ1) is 16.8. The molecule has 2 N–H and O–H groups in total. The molecular weight excluding hydrogens is 274 g/mol. The normalized spacial score (nSPS) is 11.6. The summed E-state index contributed by atoms with van der Waals surface area (Å²) in [4.78, 5) is 22.2. The molecule has 1 amide bonds. The Labute approximate surface area is 124 Å². The van der Waals surface area contributed by atoms with Crippen molar-refractivity contribution in [3.63, 3.8) is 0 Å². The van der Waals surface area contributed by atoms with Gasteiger partial charge in [0, 0.05) is 12.5 Å². The molecular formula is C15H21NO5. The molecule has 116 valence electrons. The Bertz CT molecular complexity index is 501. The SMILES string of the molecule is COc1ccc(CC(C)C(=O)NCCC(=O)O)cc1OC. The maximum absolute atomic E-state index is 11.8. The van der Waals surface area contributed by atoms with Gasteiger partial charge in [-0.3, -0.25) is 9.59 Å². The van der Waals surface area contributed by atoms with Crippen molar-refractivity contribution in [1.82, 2.24) is 5.32 Å². The molecule has 6 nitrogen and oxygen atoms in total. The number of carbonyl (C=O) groups is 2. The standard InChI is InChI=1S/C15H21NO5/c1-10(15(19)16-7-6-14(17)18)8-11-4-5-12(20-2)13(9-11)21-3/h4-5,9-10H,6-8H2,1-3H3,(H,16,19)(H,17,18). The van der Waals surface area contributed by atoms with Crippen LogP contribution in [0, 0.1) is 5.92 Å². The summed E-state index contributed by atoms with van der Waals surface area (Å²) in [6, 6.07) is 5.51. The number of rotatable bonds is 8. The number of aliphatic carboxylic acids is 1. The molecule has 0 spiro atoms. The summed E-state index contributed by atoms with van der Waals surface area (Å²) in [5, 5.41) is 11.1. The number of benzene rings is 1. The summed E-state index contributed by atoms with van der Waals surface area (Å²) in [5.74, 6) is -0.0842. The van der Waals surface area contributed by atoms with Crippen LogP contribution in [0.5, 0.6) is 11.5 Å². The van der Waals surface area contributed by atoms with Crippen molar-refractivity contribution in [3.8, 4) is 11.5 Å². The van der Waals surface area contributed by atoms with Gasteiger partial charge in [-0.2, -0.15) is 0 Å². The Morgan fingerprint density at radius 2 is 1.90 bits per heavy atom. The Morgan fingerprint density at radius 3 is 2.48 bits per heavy atom. The molecule has 1 aromatic rings. The molecule has 0 radical (unpaired) electrons. The van der Waals surface area contributed by atoms with Crippen LogP contribution >= 0.6 is 0 Å². The Kier molecular flexibility index (Phi) is 6.52. The second-order valence-electron chi connectivity index (χ2n) is 4.73. The van der Waals surface area contributed by atoms with Gasteiger partial charge in [0.1, 0.15) is 0 Å². The fraction of sp³-hybridized carbons (Fsp3) is 0.467. The van der Waals surface area contributed by atoms with Gasteiger partial charge in [0.15, 0.2) is 11.5 Å². The van der Waals surface area contributed by atoms with E-state index in [-0.39, 0.29) is 24.8 Å². The van der Waals surface area contributed by atoms with Gasteiger partial charge in [-0.15, -0.1) is 0 Å². The lowest BCUT2D eigenvalue weighted by molar-refractivity contribution is -0.137. The number of amides is 1. The summed E-state index contributed by atoms with van der Waals surface area (Å²) >= 11 is 0. The van der Waals surface area contributed by atoms with Gasteiger partial charge in [0.05, 0.1) is 20.6 Å². The first-order valence-electron chi connectivity index (χ1n) is 6.68. The first-order chi connectivity index (χ1) is 9.97. The number of hydrogen-bond donors (Lipinski definition) is 2. The first-order valence-corrected chi connectivity index (χ1v) is 6.68. The molecule has 0 saturated heterocycles. The van der Waals surface area contributed by atoms with Crippen LogP contribution in [-0.4, -0.2) is 37.7 Å². The Balaban J connectivity index is 2.59. The highest BCUT2D eigenvalue weighted by atomic mass is 16.5. The lowest BCUT2D eigenvalue weighted by Gasteiger charge is -2.13. The molecule has 1 aromatic carbocycles. The van der Waals surface area contributed by atoms with E-state index >= 15 is 0 Å². The smallest absolute Gasteiger partial charge is 0.305 e. The number of methoxy groups -OCH3 is 2. The Morgan fingerprint density at radius 1 is 1.24 bits per heavy atom. The summed E-state index contributed by atoms with van der Waals surface area (Å²) < 4.78 is 10.4. The largest absolute Gasteiger partial charge is 0.493 e. The highest BCUT2D eigenvalue weighted by Gasteiger charge is 2.15. The minimum atomic E-state index is -0.928. The van der Waals surface area contributed by atoms with Gasteiger partial charge >= 0.3 is 5.97 Å². The van der Waals surface area contributed by atoms with Gasteiger partial charge in [-0.1, -0.05) is 13.0 Å². The molecule has 1 unspecified atom stereocenters. The van der Waals surface area contributed by atoms with Crippen LogP contribution in [0.2, 0.25) is 0 Å². The number of ether oxygens (including phenoxy) is 2. The van der Waals surface area contributed by atoms with Crippen molar-refractivity contribution in [3.05, 3.63) is 23.8 Å². The van der Waals surface area contributed by atoms with E-state index in [4.69, 9.17) is 14.6 Å². The molecule has 0 aliphatic carbocycles. The molecule has 0 bridgehead atoms. The fourth-order valence-electron chi connectivity index (χ4n) is 1.92. The summed E-state index contributed by atoms with van der Waals surface area (Å²) in [6.45, 7) is 1.94. The maximum Gasteiger partial charge on any atom is 0.305 e. The van der Waals surface area contributed by atoms with E-state index in [1.54, 1.807) is 27.2 Å². The van der Waals surface area contributed by atoms with Crippen molar-refractivity contribution in [2.45, 2.75) is 19.8 Å². The average molecular weight is 295 g/mol. The van der Waals surface area contributed by atoms with Crippen LogP contribution < -0.4 is 14.8 Å². The van der Waals surface area contributed by atoms with Gasteiger partial charge in [-0.25, -0.2) is 0 Å². The predicted octanol–water partition coefficient (Wildman–Crippen LogP) is 1.47. The molecule has 1 atom stereocenters. The maximum atomic E-state index is 11.8. The fourth-order valence-corrected chi connectivity index (χ4v) is 1.92. The van der Waals surface area contributed by atoms with E-state index < -0.39 is 5.97 Å². The lowest BCUT2D eigenvalue weighted by atomic mass is 10.00. The minimum Gasteiger partial charge on any atom is -0.493 e. The molecule has 6 heteroatoms. The Hall–Kier alpha value is -2.24. The zero-order valence-corrected chi connectivity index (χ0v) is 12.5. The zero-order chi connectivity index (χ0) is 15.8. The average Bonchev–Trinajstić information content (AvgIpc) is 2.46. The van der Waals surface area contributed by atoms with Crippen LogP contribution in [-0.2, 0) is 16.0 Å². The summed E-state index contributed by atoms with van der Waals surface area (Å²) in [6.07, 6.45) is 0.466. The molecule has 0 aromatic heterocycles. The molecule has 0 fully saturated rings. The van der Waals surface area contributed by atoms with E-state index in [0.717, 1.165) is 5.56 Å². The van der Waals surface area contributed by atoms with Gasteiger partial charge < -0.3 is 19.9 Å². The summed E-state index contributed by atoms with van der Waals surface area (Å²) in [7, 11) is 3.12. The van der Waals surface area contributed by atoms with Crippen molar-refractivity contribution in [1.29, 1.82) is 0 Å². The molecule has 0 aliphatic heterocycles. The highest BCUT2D eigenvalue weighted by Crippen LogP contribution is 2.28. The second kappa shape index (κ2) is 8.14. The molecule has 1 rings (SSSR count). The van der Waals surface area contributed by atoms with Crippen molar-refractivity contribution in [2.24, 2.45) is 5.92 Å². The van der Waals surface area contributed by atoms with E-state index in [1.807, 2.05) is 12.1 Å². The lowest BCUT2D eigenvalue weighted by Crippen LogP contribution is -2.32. The van der Waals surface area contributed by atoms with Crippen LogP contribution in [0.25, 0.3) is 0 Å². The topological polar surface area (TPSA) is 84.9 Å². The highest BCUT2D eigenvalue weighted by molar-refractivity contribution is 5.79. The molecule has 21 heavy (non-hydrogen) atoms. The van der Waals surface area contributed by atoms with Crippen LogP contribution in [0.1, 0.15) is 18.9 Å². The third kappa shape index (κ3) is 5.33. The third-order valence-electron chi connectivity index (χ3n) is 3.08. The minimum absolute atomic E-state index is 0.0746. The monoisotopic (exact) mass is 295 g/mol. The second-order valence-corrected chi connectivity index (χ2v) is 4.73.